The van der Waals surface area contributed by atoms with Gasteiger partial charge in [0.05, 0.1) is 17.5 Å². The molecule has 2 N–H and O–H groups in total. The minimum absolute atomic E-state index is 0.231. The number of hydrazone groups is 1. The molecule has 0 amide bonds. The number of benzene rings is 2. The molecule has 6 heteroatoms. The number of nitrogens with one attached hydrogen (secondary N) is 1. The molecule has 0 bridgehead atoms. The molecule has 120 valence electrons. The normalized spacial score (nSPS) is 10.9. The Morgan fingerprint density at radius 3 is 2.42 bits per heavy atom. The van der Waals surface area contributed by atoms with E-state index < -0.39 is 5.97 Å². The van der Waals surface area contributed by atoms with Gasteiger partial charge in [-0.2, -0.15) is 5.10 Å². The summed E-state index contributed by atoms with van der Waals surface area (Å²) in [5.41, 5.74) is 4.73. The van der Waals surface area contributed by atoms with Crippen LogP contribution in [0.3, 0.4) is 0 Å². The second-order valence-corrected chi connectivity index (χ2v) is 5.88. The fourth-order valence-electron chi connectivity index (χ4n) is 2.05. The van der Waals surface area contributed by atoms with Crippen molar-refractivity contribution in [1.29, 1.82) is 0 Å². The van der Waals surface area contributed by atoms with Crippen molar-refractivity contribution >= 4 is 33.8 Å². The molecular weight excluding hydrogens is 372 g/mol. The topological polar surface area (TPSA) is 74.8 Å². The van der Waals surface area contributed by atoms with Crippen molar-refractivity contribution in [2.45, 2.75) is 0 Å². The monoisotopic (exact) mass is 384 g/mol. The smallest absolute Gasteiger partial charge is 0.335 e. The summed E-state index contributed by atoms with van der Waals surface area (Å²) in [6.45, 7) is 0. The molecule has 0 aliphatic heterocycles. The molecule has 0 saturated carbocycles. The van der Waals surface area contributed by atoms with E-state index in [1.807, 2.05) is 36.4 Å². The average molecular weight is 385 g/mol. The van der Waals surface area contributed by atoms with Gasteiger partial charge in [0.25, 0.3) is 0 Å². The van der Waals surface area contributed by atoms with Crippen LogP contribution in [0.5, 0.6) is 0 Å². The van der Waals surface area contributed by atoms with Gasteiger partial charge in [0.15, 0.2) is 0 Å². The van der Waals surface area contributed by atoms with Crippen LogP contribution in [0, 0.1) is 0 Å². The summed E-state index contributed by atoms with van der Waals surface area (Å²) in [7, 11) is 0. The summed E-state index contributed by atoms with van der Waals surface area (Å²) in [5.74, 6) is 0.415. The zero-order valence-corrected chi connectivity index (χ0v) is 14.0. The molecule has 5 nitrogen and oxygen atoms in total. The molecule has 0 saturated heterocycles. The van der Waals surface area contributed by atoms with Gasteiger partial charge in [-0.1, -0.05) is 28.1 Å². The molecule has 3 rings (SSSR count). The zero-order chi connectivity index (χ0) is 16.9. The fraction of sp³-hybridized carbons (Fsp3) is 0. The summed E-state index contributed by atoms with van der Waals surface area (Å²) in [4.78, 5) is 10.8. The van der Waals surface area contributed by atoms with Gasteiger partial charge in [0.1, 0.15) is 11.5 Å². The highest BCUT2D eigenvalue weighted by molar-refractivity contribution is 9.10. The molecule has 0 aliphatic rings. The lowest BCUT2D eigenvalue weighted by Crippen LogP contribution is -1.96. The first-order chi connectivity index (χ1) is 11.6. The molecule has 0 aliphatic carbocycles. The van der Waals surface area contributed by atoms with Crippen LogP contribution in [0.2, 0.25) is 0 Å². The quantitative estimate of drug-likeness (QED) is 0.486. The molecule has 0 fully saturated rings. The number of halogens is 1. The van der Waals surface area contributed by atoms with Crippen molar-refractivity contribution in [3.63, 3.8) is 0 Å². The van der Waals surface area contributed by atoms with E-state index in [1.54, 1.807) is 18.3 Å². The van der Waals surface area contributed by atoms with Crippen LogP contribution in [-0.2, 0) is 0 Å². The number of carbonyl (C=O) groups is 1. The maximum atomic E-state index is 10.8. The molecule has 0 radical (unpaired) electrons. The Kier molecular flexibility index (Phi) is 4.77. The number of nitrogens with zero attached hydrogens (tertiary/aromatic N) is 1. The highest BCUT2D eigenvalue weighted by Crippen LogP contribution is 2.23. The lowest BCUT2D eigenvalue weighted by molar-refractivity contribution is 0.0697. The number of furan rings is 1. The first kappa shape index (κ1) is 16.0. The minimum atomic E-state index is -0.957. The summed E-state index contributed by atoms with van der Waals surface area (Å²) in [5, 5.41) is 12.9. The van der Waals surface area contributed by atoms with Gasteiger partial charge >= 0.3 is 5.97 Å². The number of hydrogen-bond acceptors (Lipinski definition) is 4. The number of aromatic carboxylic acids is 1. The van der Waals surface area contributed by atoms with E-state index >= 15 is 0 Å². The predicted octanol–water partition coefficient (Wildman–Crippen LogP) is 4.85. The second kappa shape index (κ2) is 7.14. The van der Waals surface area contributed by atoms with Crippen molar-refractivity contribution in [3.05, 3.63) is 76.5 Å². The minimum Gasteiger partial charge on any atom is -0.478 e. The van der Waals surface area contributed by atoms with Gasteiger partial charge in [-0.05, 0) is 48.5 Å². The van der Waals surface area contributed by atoms with Crippen molar-refractivity contribution in [2.75, 3.05) is 5.43 Å². The molecule has 1 aromatic heterocycles. The first-order valence-electron chi connectivity index (χ1n) is 7.10. The number of hydrogen-bond donors (Lipinski definition) is 2. The Labute approximate surface area is 146 Å². The Hall–Kier alpha value is -2.86. The van der Waals surface area contributed by atoms with E-state index in [0.717, 1.165) is 15.8 Å². The van der Waals surface area contributed by atoms with E-state index in [2.05, 4.69) is 26.5 Å². The van der Waals surface area contributed by atoms with Crippen molar-refractivity contribution in [1.82, 2.24) is 0 Å². The van der Waals surface area contributed by atoms with E-state index in [9.17, 15) is 4.79 Å². The van der Waals surface area contributed by atoms with Gasteiger partial charge in [0.2, 0.25) is 0 Å². The van der Waals surface area contributed by atoms with Crippen molar-refractivity contribution in [3.8, 4) is 11.3 Å². The Balaban J connectivity index is 1.65. The molecule has 2 aromatic carbocycles. The molecule has 3 aromatic rings. The highest BCUT2D eigenvalue weighted by Gasteiger charge is 2.03. The number of anilines is 1. The molecule has 24 heavy (non-hydrogen) atoms. The van der Waals surface area contributed by atoms with Gasteiger partial charge in [-0.3, -0.25) is 5.43 Å². The predicted molar refractivity (Wildman–Crippen MR) is 96.5 cm³/mol. The third-order valence-electron chi connectivity index (χ3n) is 3.27. The van der Waals surface area contributed by atoms with E-state index in [-0.39, 0.29) is 5.56 Å². The van der Waals surface area contributed by atoms with E-state index in [4.69, 9.17) is 9.52 Å². The fourth-order valence-corrected chi connectivity index (χ4v) is 2.31. The standard InChI is InChI=1S/C18H13BrN2O3/c19-14-5-1-12(2-6-14)17-10-9-16(24-17)11-20-21-15-7-3-13(4-8-15)18(22)23/h1-11,21H,(H,22,23)/b20-11+. The lowest BCUT2D eigenvalue weighted by atomic mass is 10.2. The Morgan fingerprint density at radius 1 is 1.04 bits per heavy atom. The first-order valence-corrected chi connectivity index (χ1v) is 7.89. The summed E-state index contributed by atoms with van der Waals surface area (Å²) in [6.07, 6.45) is 1.56. The van der Waals surface area contributed by atoms with Crippen LogP contribution in [0.4, 0.5) is 5.69 Å². The summed E-state index contributed by atoms with van der Waals surface area (Å²) in [6, 6.07) is 17.9. The summed E-state index contributed by atoms with van der Waals surface area (Å²) < 4.78 is 6.73. The molecule has 0 unspecified atom stereocenters. The largest absolute Gasteiger partial charge is 0.478 e. The molecule has 0 atom stereocenters. The number of rotatable bonds is 5. The van der Waals surface area contributed by atoms with Crippen LogP contribution in [0.1, 0.15) is 16.1 Å². The van der Waals surface area contributed by atoms with Gasteiger partial charge in [0, 0.05) is 10.0 Å². The molecule has 1 heterocycles. The average Bonchev–Trinajstić information content (AvgIpc) is 3.05. The van der Waals surface area contributed by atoms with Crippen molar-refractivity contribution < 1.29 is 14.3 Å². The summed E-state index contributed by atoms with van der Waals surface area (Å²) >= 11 is 3.40. The van der Waals surface area contributed by atoms with Crippen LogP contribution in [0.25, 0.3) is 11.3 Å². The highest BCUT2D eigenvalue weighted by atomic mass is 79.9. The lowest BCUT2D eigenvalue weighted by Gasteiger charge is -2.00. The SMILES string of the molecule is O=C(O)c1ccc(N/N=C/c2ccc(-c3ccc(Br)cc3)o2)cc1. The second-order valence-electron chi connectivity index (χ2n) is 4.96. The van der Waals surface area contributed by atoms with Crippen LogP contribution in [-0.4, -0.2) is 17.3 Å². The van der Waals surface area contributed by atoms with Crippen LogP contribution < -0.4 is 5.43 Å². The molecular formula is C18H13BrN2O3. The maximum absolute atomic E-state index is 10.8. The van der Waals surface area contributed by atoms with Crippen LogP contribution in [0.15, 0.2) is 74.7 Å². The zero-order valence-electron chi connectivity index (χ0n) is 12.4. The Bertz CT molecular complexity index is 868. The Morgan fingerprint density at radius 2 is 1.75 bits per heavy atom. The van der Waals surface area contributed by atoms with Gasteiger partial charge in [-0.15, -0.1) is 0 Å². The van der Waals surface area contributed by atoms with E-state index in [1.165, 1.54) is 12.1 Å². The van der Waals surface area contributed by atoms with Gasteiger partial charge < -0.3 is 9.52 Å². The van der Waals surface area contributed by atoms with Crippen molar-refractivity contribution in [2.24, 2.45) is 5.10 Å². The molecule has 0 spiro atoms. The third kappa shape index (κ3) is 3.91. The third-order valence-corrected chi connectivity index (χ3v) is 3.80. The van der Waals surface area contributed by atoms with Crippen LogP contribution >= 0.6 is 15.9 Å². The number of carboxylic acids is 1. The number of carboxylic acid groups (broad SMARTS) is 1. The van der Waals surface area contributed by atoms with E-state index in [0.29, 0.717) is 11.4 Å². The maximum Gasteiger partial charge on any atom is 0.335 e. The van der Waals surface area contributed by atoms with Gasteiger partial charge in [-0.25, -0.2) is 4.79 Å².